The highest BCUT2D eigenvalue weighted by Crippen LogP contribution is 2.29. The summed E-state index contributed by atoms with van der Waals surface area (Å²) in [7, 11) is 0. The van der Waals surface area contributed by atoms with Gasteiger partial charge >= 0.3 is 0 Å². The highest BCUT2D eigenvalue weighted by Gasteiger charge is 2.17. The zero-order valence-corrected chi connectivity index (χ0v) is 7.45. The van der Waals surface area contributed by atoms with Crippen molar-refractivity contribution in [3.05, 3.63) is 23.8 Å². The van der Waals surface area contributed by atoms with Crippen molar-refractivity contribution in [2.24, 2.45) is 5.92 Å². The lowest BCUT2D eigenvalue weighted by Crippen LogP contribution is -2.14. The Bertz CT molecular complexity index is 266. The van der Waals surface area contributed by atoms with E-state index in [1.165, 1.54) is 25.0 Å². The second-order valence-corrected chi connectivity index (χ2v) is 3.65. The summed E-state index contributed by atoms with van der Waals surface area (Å²) >= 11 is 0. The maximum absolute atomic E-state index is 4.25. The van der Waals surface area contributed by atoms with Gasteiger partial charge in [0.05, 0.1) is 0 Å². The van der Waals surface area contributed by atoms with Gasteiger partial charge < -0.3 is 0 Å². The lowest BCUT2D eigenvalue weighted by molar-refractivity contribution is 0.312. The molecule has 0 atom stereocenters. The van der Waals surface area contributed by atoms with Crippen molar-refractivity contribution in [1.82, 2.24) is 9.97 Å². The number of rotatable bonds is 2. The van der Waals surface area contributed by atoms with Crippen molar-refractivity contribution in [2.75, 3.05) is 0 Å². The van der Waals surface area contributed by atoms with E-state index in [1.807, 2.05) is 6.92 Å². The van der Waals surface area contributed by atoms with Crippen LogP contribution in [-0.4, -0.2) is 9.97 Å². The smallest absolute Gasteiger partial charge is 0.115 e. The third-order valence-electron chi connectivity index (χ3n) is 2.58. The molecule has 0 aromatic carbocycles. The second-order valence-electron chi connectivity index (χ2n) is 3.65. The van der Waals surface area contributed by atoms with Crippen molar-refractivity contribution < 1.29 is 0 Å². The van der Waals surface area contributed by atoms with Crippen molar-refractivity contribution in [3.63, 3.8) is 0 Å². The molecule has 0 saturated heterocycles. The van der Waals surface area contributed by atoms with Gasteiger partial charge in [-0.1, -0.05) is 19.3 Å². The predicted molar refractivity (Wildman–Crippen MR) is 47.8 cm³/mol. The third kappa shape index (κ3) is 1.63. The Kier molecular flexibility index (Phi) is 2.07. The molecule has 1 heterocycles. The Hall–Kier alpha value is -0.920. The average Bonchev–Trinajstić information content (AvgIpc) is 1.97. The van der Waals surface area contributed by atoms with Crippen LogP contribution in [0.25, 0.3) is 0 Å². The van der Waals surface area contributed by atoms with Crippen LogP contribution in [0, 0.1) is 12.8 Å². The molecule has 64 valence electrons. The van der Waals surface area contributed by atoms with Crippen LogP contribution in [0.5, 0.6) is 0 Å². The van der Waals surface area contributed by atoms with E-state index >= 15 is 0 Å². The number of hydrogen-bond donors (Lipinski definition) is 0. The lowest BCUT2D eigenvalue weighted by atomic mass is 9.82. The molecule has 0 aliphatic heterocycles. The molecule has 2 heteroatoms. The van der Waals surface area contributed by atoms with Gasteiger partial charge in [-0.3, -0.25) is 0 Å². The molecule has 1 aliphatic carbocycles. The molecule has 0 spiro atoms. The van der Waals surface area contributed by atoms with Crippen molar-refractivity contribution in [2.45, 2.75) is 32.6 Å². The molecule has 12 heavy (non-hydrogen) atoms. The van der Waals surface area contributed by atoms with Crippen LogP contribution >= 0.6 is 0 Å². The second kappa shape index (κ2) is 3.21. The monoisotopic (exact) mass is 162 g/mol. The summed E-state index contributed by atoms with van der Waals surface area (Å²) in [6, 6.07) is 2.10. The first-order valence-electron chi connectivity index (χ1n) is 4.62. The van der Waals surface area contributed by atoms with E-state index in [2.05, 4.69) is 16.0 Å². The van der Waals surface area contributed by atoms with Gasteiger partial charge in [0.1, 0.15) is 6.33 Å². The molecule has 0 bridgehead atoms. The first-order valence-corrected chi connectivity index (χ1v) is 4.62. The molecular formula is C10H14N2. The van der Waals surface area contributed by atoms with Crippen molar-refractivity contribution >= 4 is 0 Å². The summed E-state index contributed by atoms with van der Waals surface area (Å²) < 4.78 is 0. The normalized spacial score (nSPS) is 17.4. The number of aryl methyl sites for hydroxylation is 1. The first-order chi connectivity index (χ1) is 5.84. The first kappa shape index (κ1) is 7.71. The molecule has 0 amide bonds. The molecule has 0 N–H and O–H groups in total. The van der Waals surface area contributed by atoms with Crippen LogP contribution in [0.3, 0.4) is 0 Å². The van der Waals surface area contributed by atoms with Crippen LogP contribution in [0.15, 0.2) is 12.4 Å². The Morgan fingerprint density at radius 3 is 2.83 bits per heavy atom. The van der Waals surface area contributed by atoms with Gasteiger partial charge in [0.15, 0.2) is 0 Å². The number of nitrogens with zero attached hydrogens (tertiary/aromatic N) is 2. The molecule has 1 fully saturated rings. The fourth-order valence-electron chi connectivity index (χ4n) is 1.61. The van der Waals surface area contributed by atoms with Crippen LogP contribution in [0.4, 0.5) is 0 Å². The number of hydrogen-bond acceptors (Lipinski definition) is 2. The van der Waals surface area contributed by atoms with E-state index in [1.54, 1.807) is 6.33 Å². The molecule has 1 aromatic heterocycles. The van der Waals surface area contributed by atoms with E-state index in [4.69, 9.17) is 0 Å². The number of aromatic nitrogens is 2. The fourth-order valence-corrected chi connectivity index (χ4v) is 1.61. The Labute approximate surface area is 73.1 Å². The third-order valence-corrected chi connectivity index (χ3v) is 2.58. The summed E-state index contributed by atoms with van der Waals surface area (Å²) in [5.74, 6) is 0.902. The molecular weight excluding hydrogens is 148 g/mol. The summed E-state index contributed by atoms with van der Waals surface area (Å²) in [5.41, 5.74) is 2.30. The van der Waals surface area contributed by atoms with Gasteiger partial charge in [-0.05, 0) is 25.3 Å². The van der Waals surface area contributed by atoms with E-state index < -0.39 is 0 Å². The molecule has 1 aromatic rings. The average molecular weight is 162 g/mol. The zero-order valence-electron chi connectivity index (χ0n) is 7.45. The van der Waals surface area contributed by atoms with E-state index in [-0.39, 0.29) is 0 Å². The highest BCUT2D eigenvalue weighted by molar-refractivity contribution is 5.07. The Morgan fingerprint density at radius 2 is 2.25 bits per heavy atom. The topological polar surface area (TPSA) is 25.8 Å². The minimum Gasteiger partial charge on any atom is -0.242 e. The quantitative estimate of drug-likeness (QED) is 0.665. The zero-order chi connectivity index (χ0) is 8.39. The van der Waals surface area contributed by atoms with Gasteiger partial charge in [0.25, 0.3) is 0 Å². The summed E-state index contributed by atoms with van der Waals surface area (Å²) in [5, 5.41) is 0. The molecule has 1 saturated carbocycles. The van der Waals surface area contributed by atoms with Crippen molar-refractivity contribution in [1.29, 1.82) is 0 Å². The molecule has 0 unspecified atom stereocenters. The minimum absolute atomic E-state index is 0.902. The van der Waals surface area contributed by atoms with Gasteiger partial charge in [-0.15, -0.1) is 0 Å². The molecule has 2 nitrogen and oxygen atoms in total. The molecule has 1 aliphatic rings. The standard InChI is InChI=1S/C10H14N2/c1-8-5-10(12-7-11-8)6-9-3-2-4-9/h5,7,9H,2-4,6H2,1H3. The van der Waals surface area contributed by atoms with Crippen LogP contribution in [-0.2, 0) is 6.42 Å². The summed E-state index contributed by atoms with van der Waals surface area (Å²) in [4.78, 5) is 8.33. The van der Waals surface area contributed by atoms with Crippen molar-refractivity contribution in [3.8, 4) is 0 Å². The Morgan fingerprint density at radius 1 is 1.42 bits per heavy atom. The SMILES string of the molecule is Cc1cc(CC2CCC2)ncn1. The minimum atomic E-state index is 0.902. The van der Waals surface area contributed by atoms with E-state index in [0.717, 1.165) is 18.0 Å². The lowest BCUT2D eigenvalue weighted by Gasteiger charge is -2.24. The van der Waals surface area contributed by atoms with E-state index in [9.17, 15) is 0 Å². The predicted octanol–water partition coefficient (Wildman–Crippen LogP) is 2.13. The van der Waals surface area contributed by atoms with Crippen LogP contribution in [0.2, 0.25) is 0 Å². The molecule has 2 rings (SSSR count). The highest BCUT2D eigenvalue weighted by atomic mass is 14.8. The fraction of sp³-hybridized carbons (Fsp3) is 0.600. The maximum Gasteiger partial charge on any atom is 0.115 e. The largest absolute Gasteiger partial charge is 0.242 e. The Balaban J connectivity index is 2.02. The van der Waals surface area contributed by atoms with E-state index in [0.29, 0.717) is 0 Å². The van der Waals surface area contributed by atoms with Crippen LogP contribution < -0.4 is 0 Å². The van der Waals surface area contributed by atoms with Gasteiger partial charge in [0.2, 0.25) is 0 Å². The van der Waals surface area contributed by atoms with Gasteiger partial charge in [-0.2, -0.15) is 0 Å². The summed E-state index contributed by atoms with van der Waals surface area (Å²) in [6.07, 6.45) is 7.02. The summed E-state index contributed by atoms with van der Waals surface area (Å²) in [6.45, 7) is 2.02. The molecule has 0 radical (unpaired) electrons. The maximum atomic E-state index is 4.25. The van der Waals surface area contributed by atoms with Gasteiger partial charge in [0, 0.05) is 11.4 Å². The van der Waals surface area contributed by atoms with Gasteiger partial charge in [-0.25, -0.2) is 9.97 Å². The van der Waals surface area contributed by atoms with Crippen LogP contribution in [0.1, 0.15) is 30.7 Å².